The van der Waals surface area contributed by atoms with Gasteiger partial charge in [-0.15, -0.1) is 0 Å². The molecule has 0 aromatic carbocycles. The summed E-state index contributed by atoms with van der Waals surface area (Å²) in [6.07, 6.45) is 4.58. The first kappa shape index (κ1) is 11.7. The van der Waals surface area contributed by atoms with Gasteiger partial charge in [0.05, 0.1) is 0 Å². The van der Waals surface area contributed by atoms with Gasteiger partial charge in [0.15, 0.2) is 0 Å². The van der Waals surface area contributed by atoms with E-state index in [-0.39, 0.29) is 6.61 Å². The lowest BCUT2D eigenvalue weighted by Gasteiger charge is -2.31. The molecule has 0 N–H and O–H groups in total. The Morgan fingerprint density at radius 3 is 2.64 bits per heavy atom. The minimum atomic E-state index is 0.253. The van der Waals surface area contributed by atoms with E-state index in [4.69, 9.17) is 4.74 Å². The van der Waals surface area contributed by atoms with Crippen LogP contribution >= 0.6 is 0 Å². The molecule has 1 rings (SSSR count). The Labute approximate surface area is 87.0 Å². The first-order chi connectivity index (χ1) is 6.59. The monoisotopic (exact) mass is 198 g/mol. The van der Waals surface area contributed by atoms with Crippen molar-refractivity contribution in [3.63, 3.8) is 0 Å². The zero-order chi connectivity index (χ0) is 10.6. The summed E-state index contributed by atoms with van der Waals surface area (Å²) < 4.78 is 5.21. The molecule has 1 saturated carbocycles. The molecule has 0 heterocycles. The van der Waals surface area contributed by atoms with Crippen LogP contribution in [-0.2, 0) is 9.53 Å². The molecule has 1 aliphatic carbocycles. The van der Waals surface area contributed by atoms with Crippen LogP contribution in [0, 0.1) is 17.3 Å². The zero-order valence-electron chi connectivity index (χ0n) is 9.58. The van der Waals surface area contributed by atoms with Crippen molar-refractivity contribution in [2.75, 3.05) is 13.2 Å². The fourth-order valence-electron chi connectivity index (χ4n) is 2.47. The Balaban J connectivity index is 2.28. The van der Waals surface area contributed by atoms with E-state index in [0.29, 0.717) is 5.41 Å². The maximum Gasteiger partial charge on any atom is 0.145 e. The maximum atomic E-state index is 10.1. The second-order valence-electron chi connectivity index (χ2n) is 5.03. The lowest BCUT2D eigenvalue weighted by Crippen LogP contribution is -2.24. The van der Waals surface area contributed by atoms with Gasteiger partial charge in [-0.3, -0.25) is 0 Å². The van der Waals surface area contributed by atoms with Gasteiger partial charge in [-0.25, -0.2) is 0 Å². The minimum absolute atomic E-state index is 0.253. The molecule has 0 aromatic heterocycles. The summed E-state index contributed by atoms with van der Waals surface area (Å²) in [6.45, 7) is 8.04. The van der Waals surface area contributed by atoms with Crippen LogP contribution in [0.3, 0.4) is 0 Å². The van der Waals surface area contributed by atoms with Crippen LogP contribution in [0.2, 0.25) is 0 Å². The van der Waals surface area contributed by atoms with E-state index in [1.54, 1.807) is 0 Å². The molecular formula is C12H22O2. The van der Waals surface area contributed by atoms with Gasteiger partial charge in [0, 0.05) is 6.61 Å². The van der Waals surface area contributed by atoms with Gasteiger partial charge >= 0.3 is 0 Å². The number of rotatable bonds is 5. The van der Waals surface area contributed by atoms with Crippen LogP contribution in [0.15, 0.2) is 0 Å². The Bertz CT molecular complexity index is 187. The maximum absolute atomic E-state index is 10.1. The smallest absolute Gasteiger partial charge is 0.145 e. The predicted octanol–water partition coefficient (Wildman–Crippen LogP) is 2.66. The summed E-state index contributed by atoms with van der Waals surface area (Å²) in [5.74, 6) is 1.59. The van der Waals surface area contributed by atoms with Gasteiger partial charge in [-0.1, -0.05) is 20.8 Å². The topological polar surface area (TPSA) is 26.3 Å². The van der Waals surface area contributed by atoms with Gasteiger partial charge in [0.1, 0.15) is 12.9 Å². The molecule has 0 saturated heterocycles. The Morgan fingerprint density at radius 1 is 1.43 bits per heavy atom. The summed E-state index contributed by atoms with van der Waals surface area (Å²) >= 11 is 0. The molecule has 14 heavy (non-hydrogen) atoms. The van der Waals surface area contributed by atoms with Crippen molar-refractivity contribution in [3.05, 3.63) is 0 Å². The van der Waals surface area contributed by atoms with Gasteiger partial charge in [-0.2, -0.15) is 0 Å². The van der Waals surface area contributed by atoms with Crippen molar-refractivity contribution in [1.82, 2.24) is 0 Å². The number of hydrogen-bond acceptors (Lipinski definition) is 2. The molecule has 1 fully saturated rings. The van der Waals surface area contributed by atoms with Crippen molar-refractivity contribution in [1.29, 1.82) is 0 Å². The summed E-state index contributed by atoms with van der Waals surface area (Å²) in [6, 6.07) is 0. The van der Waals surface area contributed by atoms with Crippen molar-refractivity contribution in [3.8, 4) is 0 Å². The van der Waals surface area contributed by atoms with Gasteiger partial charge < -0.3 is 9.53 Å². The van der Waals surface area contributed by atoms with Crippen LogP contribution in [0.5, 0.6) is 0 Å². The van der Waals surface area contributed by atoms with Crippen LogP contribution in [0.4, 0.5) is 0 Å². The quantitative estimate of drug-likeness (QED) is 0.501. The van der Waals surface area contributed by atoms with E-state index in [1.165, 1.54) is 12.8 Å². The second kappa shape index (κ2) is 4.92. The average molecular weight is 198 g/mol. The predicted molar refractivity (Wildman–Crippen MR) is 57.2 cm³/mol. The van der Waals surface area contributed by atoms with Crippen LogP contribution in [-0.4, -0.2) is 19.5 Å². The number of carbonyl (C=O) groups excluding carboxylic acids is 1. The molecule has 82 valence electrons. The van der Waals surface area contributed by atoms with Crippen LogP contribution in [0.25, 0.3) is 0 Å². The Kier molecular flexibility index (Phi) is 4.11. The highest BCUT2D eigenvalue weighted by Gasteiger charge is 2.39. The number of hydrogen-bond donors (Lipinski definition) is 0. The summed E-state index contributed by atoms with van der Waals surface area (Å²) in [7, 11) is 0. The SMILES string of the molecule is CC1CC[C@H](CCOCC=O)C1(C)C. The summed E-state index contributed by atoms with van der Waals surface area (Å²) in [4.78, 5) is 10.1. The Morgan fingerprint density at radius 2 is 2.14 bits per heavy atom. The fourth-order valence-corrected chi connectivity index (χ4v) is 2.47. The highest BCUT2D eigenvalue weighted by atomic mass is 16.5. The first-order valence-electron chi connectivity index (χ1n) is 5.60. The van der Waals surface area contributed by atoms with Crippen molar-refractivity contribution in [2.45, 2.75) is 40.0 Å². The molecule has 2 nitrogen and oxygen atoms in total. The molecule has 0 aliphatic heterocycles. The van der Waals surface area contributed by atoms with E-state index >= 15 is 0 Å². The lowest BCUT2D eigenvalue weighted by molar-refractivity contribution is -0.112. The van der Waals surface area contributed by atoms with Crippen LogP contribution < -0.4 is 0 Å². The Hall–Kier alpha value is -0.370. The van der Waals surface area contributed by atoms with Crippen LogP contribution in [0.1, 0.15) is 40.0 Å². The van der Waals surface area contributed by atoms with E-state index < -0.39 is 0 Å². The highest BCUT2D eigenvalue weighted by Crippen LogP contribution is 2.48. The van der Waals surface area contributed by atoms with Gasteiger partial charge in [0.25, 0.3) is 0 Å². The molecule has 0 amide bonds. The number of ether oxygens (including phenoxy) is 1. The van der Waals surface area contributed by atoms with Crippen molar-refractivity contribution in [2.24, 2.45) is 17.3 Å². The fraction of sp³-hybridized carbons (Fsp3) is 0.917. The molecular weight excluding hydrogens is 176 g/mol. The lowest BCUT2D eigenvalue weighted by atomic mass is 9.75. The molecule has 0 bridgehead atoms. The standard InChI is InChI=1S/C12H22O2/c1-10-4-5-11(12(10,2)3)6-8-14-9-7-13/h7,10-11H,4-6,8-9H2,1-3H3/t10?,11-/m1/s1. The number of aldehydes is 1. The second-order valence-corrected chi connectivity index (χ2v) is 5.03. The minimum Gasteiger partial charge on any atom is -0.374 e. The van der Waals surface area contributed by atoms with Crippen molar-refractivity contribution < 1.29 is 9.53 Å². The average Bonchev–Trinajstić information content (AvgIpc) is 2.38. The molecule has 2 heteroatoms. The number of carbonyl (C=O) groups is 1. The molecule has 0 aromatic rings. The van der Waals surface area contributed by atoms with E-state index in [2.05, 4.69) is 20.8 Å². The van der Waals surface area contributed by atoms with Crippen molar-refractivity contribution >= 4 is 6.29 Å². The van der Waals surface area contributed by atoms with E-state index in [1.807, 2.05) is 0 Å². The molecule has 1 aliphatic rings. The molecule has 0 radical (unpaired) electrons. The van der Waals surface area contributed by atoms with E-state index in [9.17, 15) is 4.79 Å². The largest absolute Gasteiger partial charge is 0.374 e. The third kappa shape index (κ3) is 2.57. The summed E-state index contributed by atoms with van der Waals surface area (Å²) in [5, 5.41) is 0. The van der Waals surface area contributed by atoms with Gasteiger partial charge in [-0.05, 0) is 36.5 Å². The molecule has 2 atom stereocenters. The third-order valence-electron chi connectivity index (χ3n) is 4.07. The normalized spacial score (nSPS) is 30.5. The first-order valence-corrected chi connectivity index (χ1v) is 5.60. The molecule has 1 unspecified atom stereocenters. The zero-order valence-corrected chi connectivity index (χ0v) is 9.58. The van der Waals surface area contributed by atoms with Gasteiger partial charge in [0.2, 0.25) is 0 Å². The summed E-state index contributed by atoms with van der Waals surface area (Å²) in [5.41, 5.74) is 0.449. The third-order valence-corrected chi connectivity index (χ3v) is 4.07. The van der Waals surface area contributed by atoms with E-state index in [0.717, 1.165) is 31.1 Å². The molecule has 0 spiro atoms. The highest BCUT2D eigenvalue weighted by molar-refractivity contribution is 5.50.